The molecule has 0 aromatic carbocycles. The number of pyridine rings is 1. The summed E-state index contributed by atoms with van der Waals surface area (Å²) in [6, 6.07) is 1.75. The second kappa shape index (κ2) is 5.95. The number of amidine groups is 1. The van der Waals surface area contributed by atoms with Crippen LogP contribution < -0.4 is 10.6 Å². The van der Waals surface area contributed by atoms with Gasteiger partial charge in [0.1, 0.15) is 0 Å². The minimum atomic E-state index is 0.118. The Kier molecular flexibility index (Phi) is 4.57. The summed E-state index contributed by atoms with van der Waals surface area (Å²) < 4.78 is 0. The van der Waals surface area contributed by atoms with Gasteiger partial charge in [0.25, 0.3) is 0 Å². The molecule has 1 aromatic rings. The van der Waals surface area contributed by atoms with Gasteiger partial charge < -0.3 is 15.8 Å². The zero-order chi connectivity index (χ0) is 12.0. The maximum absolute atomic E-state index is 8.72. The van der Waals surface area contributed by atoms with Crippen LogP contribution in [0, 0.1) is 0 Å². The Morgan fingerprint density at radius 3 is 2.88 bits per heavy atom. The molecule has 0 saturated carbocycles. The first-order valence-electron chi connectivity index (χ1n) is 5.41. The third kappa shape index (κ3) is 2.62. The molecule has 1 rings (SSSR count). The number of nitrogens with zero attached hydrogens (tertiary/aromatic N) is 3. The van der Waals surface area contributed by atoms with E-state index in [9.17, 15) is 0 Å². The number of nitrogens with two attached hydrogens (primary N) is 1. The fraction of sp³-hybridized carbons (Fsp3) is 0.455. The molecule has 0 aliphatic heterocycles. The van der Waals surface area contributed by atoms with Gasteiger partial charge in [-0.1, -0.05) is 12.1 Å². The van der Waals surface area contributed by atoms with Crippen LogP contribution in [0.5, 0.6) is 0 Å². The SMILES string of the molecule is CCCN(CC)c1cnccc1/C(N)=N/O. The van der Waals surface area contributed by atoms with E-state index < -0.39 is 0 Å². The highest BCUT2D eigenvalue weighted by Gasteiger charge is 2.11. The highest BCUT2D eigenvalue weighted by atomic mass is 16.4. The summed E-state index contributed by atoms with van der Waals surface area (Å²) in [4.78, 5) is 6.23. The molecular weight excluding hydrogens is 204 g/mol. The van der Waals surface area contributed by atoms with Crippen molar-refractivity contribution in [2.45, 2.75) is 20.3 Å². The van der Waals surface area contributed by atoms with Gasteiger partial charge in [0.15, 0.2) is 5.84 Å². The van der Waals surface area contributed by atoms with Crippen LogP contribution in [0.2, 0.25) is 0 Å². The average molecular weight is 222 g/mol. The van der Waals surface area contributed by atoms with E-state index in [0.717, 1.165) is 25.2 Å². The molecule has 0 aliphatic rings. The first kappa shape index (κ1) is 12.3. The van der Waals surface area contributed by atoms with E-state index in [4.69, 9.17) is 10.9 Å². The van der Waals surface area contributed by atoms with Crippen LogP contribution in [0.15, 0.2) is 23.6 Å². The fourth-order valence-corrected chi connectivity index (χ4v) is 1.63. The van der Waals surface area contributed by atoms with Crippen molar-refractivity contribution in [2.75, 3.05) is 18.0 Å². The summed E-state index contributed by atoms with van der Waals surface area (Å²) in [5, 5.41) is 11.8. The highest BCUT2D eigenvalue weighted by molar-refractivity contribution is 6.01. The van der Waals surface area contributed by atoms with Gasteiger partial charge in [0, 0.05) is 24.8 Å². The Labute approximate surface area is 95.6 Å². The molecule has 0 amide bonds. The van der Waals surface area contributed by atoms with Crippen LogP contribution in [-0.2, 0) is 0 Å². The maximum Gasteiger partial charge on any atom is 0.172 e. The van der Waals surface area contributed by atoms with E-state index in [1.54, 1.807) is 18.5 Å². The van der Waals surface area contributed by atoms with Crippen molar-refractivity contribution in [1.29, 1.82) is 0 Å². The van der Waals surface area contributed by atoms with Crippen molar-refractivity contribution in [2.24, 2.45) is 10.9 Å². The summed E-state index contributed by atoms with van der Waals surface area (Å²) in [5.74, 6) is 0.118. The monoisotopic (exact) mass is 222 g/mol. The molecule has 0 saturated heterocycles. The van der Waals surface area contributed by atoms with Crippen LogP contribution in [0.1, 0.15) is 25.8 Å². The number of oxime groups is 1. The molecule has 0 spiro atoms. The van der Waals surface area contributed by atoms with Crippen LogP contribution in [-0.4, -0.2) is 29.1 Å². The molecule has 0 atom stereocenters. The lowest BCUT2D eigenvalue weighted by Gasteiger charge is -2.24. The summed E-state index contributed by atoms with van der Waals surface area (Å²) >= 11 is 0. The second-order valence-corrected chi connectivity index (χ2v) is 3.46. The van der Waals surface area contributed by atoms with Gasteiger partial charge >= 0.3 is 0 Å². The second-order valence-electron chi connectivity index (χ2n) is 3.46. The number of hydrogen-bond acceptors (Lipinski definition) is 4. The highest BCUT2D eigenvalue weighted by Crippen LogP contribution is 2.18. The van der Waals surface area contributed by atoms with E-state index in [1.165, 1.54) is 0 Å². The Morgan fingerprint density at radius 2 is 2.31 bits per heavy atom. The zero-order valence-corrected chi connectivity index (χ0v) is 9.72. The van der Waals surface area contributed by atoms with Crippen molar-refractivity contribution >= 4 is 11.5 Å². The van der Waals surface area contributed by atoms with Crippen molar-refractivity contribution in [1.82, 2.24) is 4.98 Å². The Hall–Kier alpha value is -1.78. The van der Waals surface area contributed by atoms with Crippen LogP contribution >= 0.6 is 0 Å². The normalized spacial score (nSPS) is 11.5. The number of hydrogen-bond donors (Lipinski definition) is 2. The van der Waals surface area contributed by atoms with Gasteiger partial charge in [-0.15, -0.1) is 0 Å². The van der Waals surface area contributed by atoms with E-state index in [-0.39, 0.29) is 5.84 Å². The van der Waals surface area contributed by atoms with Gasteiger partial charge in [-0.3, -0.25) is 4.98 Å². The molecule has 1 aromatic heterocycles. The topological polar surface area (TPSA) is 74.7 Å². The Morgan fingerprint density at radius 1 is 1.56 bits per heavy atom. The third-order valence-corrected chi connectivity index (χ3v) is 2.40. The lowest BCUT2D eigenvalue weighted by atomic mass is 10.2. The van der Waals surface area contributed by atoms with Gasteiger partial charge in [0.05, 0.1) is 11.9 Å². The van der Waals surface area contributed by atoms with Crippen LogP contribution in [0.25, 0.3) is 0 Å². The largest absolute Gasteiger partial charge is 0.409 e. The third-order valence-electron chi connectivity index (χ3n) is 2.40. The van der Waals surface area contributed by atoms with E-state index in [0.29, 0.717) is 5.56 Å². The van der Waals surface area contributed by atoms with Crippen LogP contribution in [0.3, 0.4) is 0 Å². The number of anilines is 1. The Bertz CT molecular complexity index is 365. The molecular formula is C11H18N4O. The average Bonchev–Trinajstić information content (AvgIpc) is 2.35. The molecule has 5 heteroatoms. The lowest BCUT2D eigenvalue weighted by molar-refractivity contribution is 0.318. The molecule has 0 radical (unpaired) electrons. The van der Waals surface area contributed by atoms with E-state index in [1.807, 2.05) is 0 Å². The van der Waals surface area contributed by atoms with E-state index >= 15 is 0 Å². The van der Waals surface area contributed by atoms with Crippen molar-refractivity contribution < 1.29 is 5.21 Å². The lowest BCUT2D eigenvalue weighted by Crippen LogP contribution is -2.27. The predicted molar refractivity (Wildman–Crippen MR) is 64.9 cm³/mol. The Balaban J connectivity index is 3.10. The standard InChI is InChI=1S/C11H18N4O/c1-3-7-15(4-2)10-8-13-6-5-9(10)11(12)14-16/h5-6,8,16H,3-4,7H2,1-2H3,(H2,12,14). The summed E-state index contributed by atoms with van der Waals surface area (Å²) in [5.41, 5.74) is 7.25. The first-order valence-corrected chi connectivity index (χ1v) is 5.41. The van der Waals surface area contributed by atoms with E-state index in [2.05, 4.69) is 28.9 Å². The minimum absolute atomic E-state index is 0.118. The minimum Gasteiger partial charge on any atom is -0.409 e. The van der Waals surface area contributed by atoms with Crippen molar-refractivity contribution in [3.8, 4) is 0 Å². The molecule has 0 aliphatic carbocycles. The summed E-state index contributed by atoms with van der Waals surface area (Å²) in [6.07, 6.45) is 4.42. The van der Waals surface area contributed by atoms with Gasteiger partial charge in [-0.2, -0.15) is 0 Å². The van der Waals surface area contributed by atoms with Gasteiger partial charge in [0.2, 0.25) is 0 Å². The van der Waals surface area contributed by atoms with Crippen molar-refractivity contribution in [3.05, 3.63) is 24.0 Å². The molecule has 0 fully saturated rings. The summed E-state index contributed by atoms with van der Waals surface area (Å²) in [6.45, 7) is 5.97. The van der Waals surface area contributed by atoms with Gasteiger partial charge in [-0.05, 0) is 19.4 Å². The molecule has 16 heavy (non-hydrogen) atoms. The maximum atomic E-state index is 8.72. The summed E-state index contributed by atoms with van der Waals surface area (Å²) in [7, 11) is 0. The van der Waals surface area contributed by atoms with Gasteiger partial charge in [-0.25, -0.2) is 0 Å². The number of aromatic nitrogens is 1. The first-order chi connectivity index (χ1) is 7.74. The predicted octanol–water partition coefficient (Wildman–Crippen LogP) is 1.41. The smallest absolute Gasteiger partial charge is 0.172 e. The van der Waals surface area contributed by atoms with Crippen molar-refractivity contribution in [3.63, 3.8) is 0 Å². The molecule has 3 N–H and O–H groups in total. The molecule has 5 nitrogen and oxygen atoms in total. The fourth-order valence-electron chi connectivity index (χ4n) is 1.63. The number of rotatable bonds is 5. The molecule has 1 heterocycles. The molecule has 88 valence electrons. The molecule has 0 bridgehead atoms. The van der Waals surface area contributed by atoms with Crippen LogP contribution in [0.4, 0.5) is 5.69 Å². The zero-order valence-electron chi connectivity index (χ0n) is 9.72. The quantitative estimate of drug-likeness (QED) is 0.342. The molecule has 0 unspecified atom stereocenters.